The van der Waals surface area contributed by atoms with Crippen molar-refractivity contribution in [2.45, 2.75) is 16.7 Å². The molecule has 0 aliphatic carbocycles. The minimum absolute atomic E-state index is 0.0681. The van der Waals surface area contributed by atoms with E-state index in [1.165, 1.54) is 12.1 Å². The molecule has 0 aliphatic rings. The molecule has 0 saturated heterocycles. The quantitative estimate of drug-likeness (QED) is 0.363. The number of carbonyl (C=O) groups excluding carboxylic acids is 1. The second-order valence-corrected chi connectivity index (χ2v) is 8.96. The van der Waals surface area contributed by atoms with E-state index in [0.29, 0.717) is 16.7 Å². The maximum atomic E-state index is 13.8. The van der Waals surface area contributed by atoms with Crippen molar-refractivity contribution in [3.63, 3.8) is 0 Å². The maximum absolute atomic E-state index is 13.8. The van der Waals surface area contributed by atoms with Crippen LogP contribution in [0.3, 0.4) is 0 Å². The van der Waals surface area contributed by atoms with Crippen molar-refractivity contribution >= 4 is 27.3 Å². The van der Waals surface area contributed by atoms with Crippen molar-refractivity contribution in [1.82, 2.24) is 5.32 Å². The fourth-order valence-corrected chi connectivity index (χ4v) is 3.98. The molecule has 0 radical (unpaired) electrons. The minimum atomic E-state index is -4.68. The largest absolute Gasteiger partial charge is 0.344 e. The van der Waals surface area contributed by atoms with Gasteiger partial charge in [0.25, 0.3) is 5.91 Å². The first-order valence-electron chi connectivity index (χ1n) is 9.18. The zero-order valence-corrected chi connectivity index (χ0v) is 17.8. The molecule has 0 bridgehead atoms. The van der Waals surface area contributed by atoms with Crippen LogP contribution < -0.4 is 5.32 Å². The van der Waals surface area contributed by atoms with Gasteiger partial charge in [0.05, 0.1) is 10.9 Å². The Hall–Kier alpha value is -2.91. The van der Waals surface area contributed by atoms with Crippen molar-refractivity contribution in [1.29, 1.82) is 0 Å². The Morgan fingerprint density at radius 3 is 1.84 bits per heavy atom. The lowest BCUT2D eigenvalue weighted by atomic mass is 10.0. The van der Waals surface area contributed by atoms with E-state index >= 15 is 0 Å². The van der Waals surface area contributed by atoms with Gasteiger partial charge in [-0.15, -0.1) is 11.6 Å². The number of benzene rings is 3. The van der Waals surface area contributed by atoms with E-state index in [9.17, 15) is 30.8 Å². The maximum Gasteiger partial charge on any atom is 0.341 e. The Kier molecular flexibility index (Phi) is 7.20. The standard InChI is InChI=1S/C22H16ClF4NO3S/c23-12-19(28-21(29)20-17(24)2-1-3-18(20)25)15-6-4-13(5-7-15)14-8-10-16(11-9-14)32(30,31)22(26)27/h1-11,19,22H,12H2,(H,28,29). The van der Waals surface area contributed by atoms with Gasteiger partial charge in [-0.25, -0.2) is 17.2 Å². The fourth-order valence-electron chi connectivity index (χ4n) is 3.00. The molecule has 0 spiro atoms. The molecule has 0 heterocycles. The third-order valence-electron chi connectivity index (χ3n) is 4.71. The summed E-state index contributed by atoms with van der Waals surface area (Å²) in [6.45, 7) is 0. The number of sulfone groups is 1. The van der Waals surface area contributed by atoms with Gasteiger partial charge in [-0.1, -0.05) is 42.5 Å². The Balaban J connectivity index is 1.79. The molecule has 1 atom stereocenters. The summed E-state index contributed by atoms with van der Waals surface area (Å²) in [6.07, 6.45) is 0. The van der Waals surface area contributed by atoms with E-state index in [4.69, 9.17) is 11.6 Å². The van der Waals surface area contributed by atoms with Crippen molar-refractivity contribution in [3.05, 3.63) is 89.5 Å². The van der Waals surface area contributed by atoms with E-state index in [1.54, 1.807) is 24.3 Å². The molecule has 3 rings (SSSR count). The molecular formula is C22H16ClF4NO3S. The minimum Gasteiger partial charge on any atom is -0.344 e. The fraction of sp³-hybridized carbons (Fsp3) is 0.136. The molecule has 4 nitrogen and oxygen atoms in total. The average molecular weight is 486 g/mol. The van der Waals surface area contributed by atoms with Crippen molar-refractivity contribution in [2.24, 2.45) is 0 Å². The number of hydrogen-bond acceptors (Lipinski definition) is 3. The van der Waals surface area contributed by atoms with Crippen LogP contribution in [0.5, 0.6) is 0 Å². The third kappa shape index (κ3) is 4.94. The molecule has 0 aliphatic heterocycles. The highest BCUT2D eigenvalue weighted by Crippen LogP contribution is 2.26. The summed E-state index contributed by atoms with van der Waals surface area (Å²) in [5.74, 6) is -6.52. The monoisotopic (exact) mass is 485 g/mol. The third-order valence-corrected chi connectivity index (χ3v) is 6.42. The van der Waals surface area contributed by atoms with E-state index in [-0.39, 0.29) is 5.88 Å². The lowest BCUT2D eigenvalue weighted by molar-refractivity contribution is 0.0932. The first-order chi connectivity index (χ1) is 15.1. The highest BCUT2D eigenvalue weighted by Gasteiger charge is 2.26. The summed E-state index contributed by atoms with van der Waals surface area (Å²) >= 11 is 5.94. The first-order valence-corrected chi connectivity index (χ1v) is 11.3. The number of nitrogens with one attached hydrogen (secondary N) is 1. The van der Waals surface area contributed by atoms with E-state index < -0.39 is 49.6 Å². The van der Waals surface area contributed by atoms with Crippen molar-refractivity contribution < 1.29 is 30.8 Å². The van der Waals surface area contributed by atoms with Gasteiger partial charge in [0.1, 0.15) is 17.2 Å². The normalized spacial score (nSPS) is 12.6. The topological polar surface area (TPSA) is 63.2 Å². The SMILES string of the molecule is O=C(NC(CCl)c1ccc(-c2ccc(S(=O)(=O)C(F)F)cc2)cc1)c1c(F)cccc1F. The molecule has 32 heavy (non-hydrogen) atoms. The number of amides is 1. The van der Waals surface area contributed by atoms with Crippen LogP contribution in [0.2, 0.25) is 0 Å². The number of carbonyl (C=O) groups is 1. The van der Waals surface area contributed by atoms with Crippen LogP contribution in [0.1, 0.15) is 22.0 Å². The van der Waals surface area contributed by atoms with Gasteiger partial charge < -0.3 is 5.32 Å². The Bertz CT molecular complexity index is 1200. The summed E-state index contributed by atoms with van der Waals surface area (Å²) in [7, 11) is -4.68. The Labute approximate surface area is 186 Å². The van der Waals surface area contributed by atoms with Crippen molar-refractivity contribution in [3.8, 4) is 11.1 Å². The van der Waals surface area contributed by atoms with Crippen LogP contribution in [-0.2, 0) is 9.84 Å². The summed E-state index contributed by atoms with van der Waals surface area (Å²) in [4.78, 5) is 11.8. The second kappa shape index (κ2) is 9.70. The molecule has 1 unspecified atom stereocenters. The summed E-state index contributed by atoms with van der Waals surface area (Å²) in [6, 6.07) is 13.9. The molecule has 1 N–H and O–H groups in total. The van der Waals surface area contributed by atoms with Gasteiger partial charge in [-0.2, -0.15) is 8.78 Å². The Morgan fingerprint density at radius 2 is 1.38 bits per heavy atom. The van der Waals surface area contributed by atoms with Gasteiger partial charge in [0.15, 0.2) is 0 Å². The predicted molar refractivity (Wildman–Crippen MR) is 112 cm³/mol. The molecule has 3 aromatic rings. The number of hydrogen-bond donors (Lipinski definition) is 1. The first kappa shape index (κ1) is 23.7. The molecule has 10 heteroatoms. The second-order valence-electron chi connectivity index (χ2n) is 6.73. The predicted octanol–water partition coefficient (Wildman–Crippen LogP) is 5.34. The zero-order chi connectivity index (χ0) is 23.5. The average Bonchev–Trinajstić information content (AvgIpc) is 2.77. The van der Waals surface area contributed by atoms with E-state index in [1.807, 2.05) is 0 Å². The van der Waals surface area contributed by atoms with Crippen molar-refractivity contribution in [2.75, 3.05) is 5.88 Å². The number of alkyl halides is 3. The van der Waals surface area contributed by atoms with Crippen LogP contribution in [0, 0.1) is 11.6 Å². The highest BCUT2D eigenvalue weighted by molar-refractivity contribution is 7.91. The summed E-state index contributed by atoms with van der Waals surface area (Å²) in [5.41, 5.74) is 1.07. The summed E-state index contributed by atoms with van der Waals surface area (Å²) < 4.78 is 76.0. The van der Waals surface area contributed by atoms with Gasteiger partial charge in [-0.3, -0.25) is 4.79 Å². The van der Waals surface area contributed by atoms with Crippen LogP contribution in [0.25, 0.3) is 11.1 Å². The molecule has 0 fully saturated rings. The molecular weight excluding hydrogens is 470 g/mol. The number of rotatable bonds is 7. The van der Waals surface area contributed by atoms with Crippen LogP contribution in [0.4, 0.5) is 17.6 Å². The summed E-state index contributed by atoms with van der Waals surface area (Å²) in [5, 5.41) is 2.49. The zero-order valence-electron chi connectivity index (χ0n) is 16.2. The highest BCUT2D eigenvalue weighted by atomic mass is 35.5. The van der Waals surface area contributed by atoms with Gasteiger partial charge in [0.2, 0.25) is 9.84 Å². The molecule has 0 saturated carbocycles. The smallest absolute Gasteiger partial charge is 0.341 e. The van der Waals surface area contributed by atoms with Crippen LogP contribution >= 0.6 is 11.6 Å². The van der Waals surface area contributed by atoms with E-state index in [2.05, 4.69) is 5.32 Å². The van der Waals surface area contributed by atoms with Crippen LogP contribution in [0.15, 0.2) is 71.6 Å². The number of halogens is 5. The molecule has 168 valence electrons. The molecule has 3 aromatic carbocycles. The lowest BCUT2D eigenvalue weighted by Gasteiger charge is -2.17. The lowest BCUT2D eigenvalue weighted by Crippen LogP contribution is -2.31. The molecule has 1 amide bonds. The molecule has 0 aromatic heterocycles. The van der Waals surface area contributed by atoms with Gasteiger partial charge in [0, 0.05) is 5.88 Å². The Morgan fingerprint density at radius 1 is 0.875 bits per heavy atom. The van der Waals surface area contributed by atoms with Crippen LogP contribution in [-0.4, -0.2) is 26.0 Å². The van der Waals surface area contributed by atoms with Gasteiger partial charge >= 0.3 is 5.76 Å². The van der Waals surface area contributed by atoms with E-state index in [0.717, 1.165) is 30.3 Å². The van der Waals surface area contributed by atoms with Gasteiger partial charge in [-0.05, 0) is 41.0 Å².